The molecule has 1 rings (SSSR count). The summed E-state index contributed by atoms with van der Waals surface area (Å²) in [4.78, 5) is 4.50. The van der Waals surface area contributed by atoms with Crippen molar-refractivity contribution in [3.05, 3.63) is 0 Å². The van der Waals surface area contributed by atoms with Gasteiger partial charge >= 0.3 is 0 Å². The molecule has 1 atom stereocenters. The molecule has 0 heterocycles. The third kappa shape index (κ3) is 4.56. The molecule has 0 radical (unpaired) electrons. The van der Waals surface area contributed by atoms with Gasteiger partial charge in [-0.05, 0) is 66.0 Å². The molecular formula is C14H28N4. The van der Waals surface area contributed by atoms with E-state index < -0.39 is 0 Å². The average Bonchev–Trinajstić information content (AvgIpc) is 3.12. The van der Waals surface area contributed by atoms with E-state index >= 15 is 0 Å². The van der Waals surface area contributed by atoms with E-state index in [4.69, 9.17) is 0 Å². The Bertz CT molecular complexity index is 280. The topological polar surface area (TPSA) is 42.3 Å². The minimum absolute atomic E-state index is 0.318. The lowest BCUT2D eigenvalue weighted by atomic mass is 9.94. The smallest absolute Gasteiger partial charge is 0.122 e. The van der Waals surface area contributed by atoms with E-state index in [1.165, 1.54) is 12.8 Å². The van der Waals surface area contributed by atoms with E-state index in [0.717, 1.165) is 32.6 Å². The van der Waals surface area contributed by atoms with Crippen LogP contribution in [-0.4, -0.2) is 62.7 Å². The molecule has 0 aliphatic heterocycles. The molecule has 0 amide bonds. The molecule has 1 saturated carbocycles. The Balaban J connectivity index is 2.42. The first-order chi connectivity index (χ1) is 8.54. The standard InChI is InChI=1S/C14H28N4/c1-5-16-14(11-15,13-7-8-13)12-18(4)10-6-9-17(2)3/h13,16H,5-10,12H2,1-4H3. The van der Waals surface area contributed by atoms with Gasteiger partial charge in [0.15, 0.2) is 0 Å². The van der Waals surface area contributed by atoms with Gasteiger partial charge in [0, 0.05) is 6.54 Å². The fourth-order valence-electron chi connectivity index (χ4n) is 2.55. The maximum atomic E-state index is 9.53. The zero-order valence-corrected chi connectivity index (χ0v) is 12.4. The van der Waals surface area contributed by atoms with Crippen LogP contribution in [0, 0.1) is 17.2 Å². The highest BCUT2D eigenvalue weighted by Crippen LogP contribution is 2.39. The van der Waals surface area contributed by atoms with E-state index in [9.17, 15) is 5.26 Å². The van der Waals surface area contributed by atoms with Crippen LogP contribution in [0.4, 0.5) is 0 Å². The summed E-state index contributed by atoms with van der Waals surface area (Å²) in [5.41, 5.74) is -0.318. The third-order valence-electron chi connectivity index (χ3n) is 3.63. The SMILES string of the molecule is CCNC(C#N)(CN(C)CCCN(C)C)C1CC1. The molecule has 1 aliphatic rings. The fourth-order valence-corrected chi connectivity index (χ4v) is 2.55. The molecule has 1 aliphatic carbocycles. The first kappa shape index (κ1) is 15.4. The molecule has 0 aromatic heterocycles. The van der Waals surface area contributed by atoms with Gasteiger partial charge in [-0.1, -0.05) is 6.92 Å². The van der Waals surface area contributed by atoms with Crippen molar-refractivity contribution >= 4 is 0 Å². The molecular weight excluding hydrogens is 224 g/mol. The molecule has 1 fully saturated rings. The fraction of sp³-hybridized carbons (Fsp3) is 0.929. The van der Waals surface area contributed by atoms with E-state index in [2.05, 4.69) is 49.3 Å². The molecule has 0 aromatic rings. The van der Waals surface area contributed by atoms with Crippen LogP contribution < -0.4 is 5.32 Å². The van der Waals surface area contributed by atoms with Crippen LogP contribution in [0.25, 0.3) is 0 Å². The van der Waals surface area contributed by atoms with Crippen LogP contribution in [0.2, 0.25) is 0 Å². The Morgan fingerprint density at radius 1 is 1.28 bits per heavy atom. The van der Waals surface area contributed by atoms with Crippen molar-refractivity contribution in [2.24, 2.45) is 5.92 Å². The number of nitrogens with one attached hydrogen (secondary N) is 1. The molecule has 1 unspecified atom stereocenters. The van der Waals surface area contributed by atoms with Crippen LogP contribution in [0.3, 0.4) is 0 Å². The van der Waals surface area contributed by atoms with Gasteiger partial charge in [-0.3, -0.25) is 5.32 Å². The molecule has 0 spiro atoms. The monoisotopic (exact) mass is 252 g/mol. The molecule has 1 N–H and O–H groups in total. The molecule has 0 saturated heterocycles. The number of hydrogen-bond donors (Lipinski definition) is 1. The molecule has 0 aromatic carbocycles. The first-order valence-corrected chi connectivity index (χ1v) is 7.03. The van der Waals surface area contributed by atoms with Crippen molar-refractivity contribution in [1.82, 2.24) is 15.1 Å². The van der Waals surface area contributed by atoms with Crippen LogP contribution >= 0.6 is 0 Å². The van der Waals surface area contributed by atoms with Crippen LogP contribution in [0.1, 0.15) is 26.2 Å². The van der Waals surface area contributed by atoms with E-state index in [-0.39, 0.29) is 5.54 Å². The summed E-state index contributed by atoms with van der Waals surface area (Å²) >= 11 is 0. The number of likely N-dealkylation sites (N-methyl/N-ethyl adjacent to an activating group) is 2. The molecule has 4 heteroatoms. The molecule has 4 nitrogen and oxygen atoms in total. The predicted molar refractivity (Wildman–Crippen MR) is 75.4 cm³/mol. The lowest BCUT2D eigenvalue weighted by Crippen LogP contribution is -2.53. The summed E-state index contributed by atoms with van der Waals surface area (Å²) in [6.07, 6.45) is 3.56. The van der Waals surface area contributed by atoms with Crippen LogP contribution in [0.15, 0.2) is 0 Å². The quantitative estimate of drug-likeness (QED) is 0.668. The second kappa shape index (κ2) is 7.08. The van der Waals surface area contributed by atoms with Gasteiger partial charge in [0.25, 0.3) is 0 Å². The Kier molecular flexibility index (Phi) is 6.07. The van der Waals surface area contributed by atoms with Crippen LogP contribution in [0.5, 0.6) is 0 Å². The van der Waals surface area contributed by atoms with Gasteiger partial charge in [-0.25, -0.2) is 0 Å². The Hall–Kier alpha value is -0.630. The van der Waals surface area contributed by atoms with Crippen molar-refractivity contribution in [2.45, 2.75) is 31.7 Å². The summed E-state index contributed by atoms with van der Waals surface area (Å²) in [7, 11) is 6.33. The summed E-state index contributed by atoms with van der Waals surface area (Å²) in [5, 5.41) is 13.0. The van der Waals surface area contributed by atoms with Crippen molar-refractivity contribution in [3.63, 3.8) is 0 Å². The van der Waals surface area contributed by atoms with Gasteiger partial charge in [-0.2, -0.15) is 5.26 Å². The maximum absolute atomic E-state index is 9.53. The van der Waals surface area contributed by atoms with Crippen LogP contribution in [-0.2, 0) is 0 Å². The molecule has 18 heavy (non-hydrogen) atoms. The van der Waals surface area contributed by atoms with E-state index in [0.29, 0.717) is 5.92 Å². The normalized spacial score (nSPS) is 18.9. The lowest BCUT2D eigenvalue weighted by Gasteiger charge is -2.32. The van der Waals surface area contributed by atoms with Gasteiger partial charge in [-0.15, -0.1) is 0 Å². The Morgan fingerprint density at radius 2 is 1.94 bits per heavy atom. The van der Waals surface area contributed by atoms with Crippen molar-refractivity contribution in [2.75, 3.05) is 47.3 Å². The van der Waals surface area contributed by atoms with Gasteiger partial charge < -0.3 is 9.80 Å². The lowest BCUT2D eigenvalue weighted by molar-refractivity contribution is 0.221. The summed E-state index contributed by atoms with van der Waals surface area (Å²) < 4.78 is 0. The van der Waals surface area contributed by atoms with Gasteiger partial charge in [0.05, 0.1) is 6.07 Å². The predicted octanol–water partition coefficient (Wildman–Crippen LogP) is 1.15. The van der Waals surface area contributed by atoms with Gasteiger partial charge in [0.2, 0.25) is 0 Å². The highest BCUT2D eigenvalue weighted by atomic mass is 15.2. The van der Waals surface area contributed by atoms with E-state index in [1.807, 2.05) is 0 Å². The zero-order valence-electron chi connectivity index (χ0n) is 12.4. The Labute approximate surface area is 112 Å². The van der Waals surface area contributed by atoms with E-state index in [1.54, 1.807) is 0 Å². The summed E-state index contributed by atoms with van der Waals surface area (Å²) in [6, 6.07) is 2.55. The zero-order chi connectivity index (χ0) is 13.6. The number of nitrogens with zero attached hydrogens (tertiary/aromatic N) is 3. The Morgan fingerprint density at radius 3 is 2.39 bits per heavy atom. The highest BCUT2D eigenvalue weighted by Gasteiger charge is 2.45. The van der Waals surface area contributed by atoms with Gasteiger partial charge in [0.1, 0.15) is 5.54 Å². The average molecular weight is 252 g/mol. The second-order valence-corrected chi connectivity index (χ2v) is 5.78. The molecule has 0 bridgehead atoms. The maximum Gasteiger partial charge on any atom is 0.122 e. The largest absolute Gasteiger partial charge is 0.309 e. The highest BCUT2D eigenvalue weighted by molar-refractivity contribution is 5.16. The summed E-state index contributed by atoms with van der Waals surface area (Å²) in [6.45, 7) is 5.96. The summed E-state index contributed by atoms with van der Waals surface area (Å²) in [5.74, 6) is 0.554. The van der Waals surface area contributed by atoms with Crippen molar-refractivity contribution in [3.8, 4) is 6.07 Å². The molecule has 104 valence electrons. The second-order valence-electron chi connectivity index (χ2n) is 5.78. The van der Waals surface area contributed by atoms with Crippen molar-refractivity contribution < 1.29 is 0 Å². The number of rotatable bonds is 9. The minimum Gasteiger partial charge on any atom is -0.309 e. The third-order valence-corrected chi connectivity index (χ3v) is 3.63. The van der Waals surface area contributed by atoms with Crippen molar-refractivity contribution in [1.29, 1.82) is 5.26 Å². The number of hydrogen-bond acceptors (Lipinski definition) is 4. The number of nitriles is 1. The minimum atomic E-state index is -0.318. The first-order valence-electron chi connectivity index (χ1n) is 7.03.